The van der Waals surface area contributed by atoms with E-state index in [2.05, 4.69) is 24.3 Å². The average Bonchev–Trinajstić information content (AvgIpc) is 2.61. The SMILES string of the molecule is COCCOCc1cc(C(C)C)sn1. The van der Waals surface area contributed by atoms with E-state index >= 15 is 0 Å². The Morgan fingerprint density at radius 1 is 1.43 bits per heavy atom. The van der Waals surface area contributed by atoms with Gasteiger partial charge in [-0.05, 0) is 23.5 Å². The van der Waals surface area contributed by atoms with E-state index in [0.717, 1.165) is 5.69 Å². The molecule has 1 aromatic heterocycles. The highest BCUT2D eigenvalue weighted by molar-refractivity contribution is 7.05. The first-order valence-electron chi connectivity index (χ1n) is 4.76. The second kappa shape index (κ2) is 6.11. The van der Waals surface area contributed by atoms with Gasteiger partial charge in [0, 0.05) is 12.0 Å². The molecule has 0 saturated carbocycles. The van der Waals surface area contributed by atoms with Crippen LogP contribution in [0.25, 0.3) is 0 Å². The standard InChI is InChI=1S/C10H17NO2S/c1-8(2)10-6-9(11-14-10)7-13-5-4-12-3/h6,8H,4-5,7H2,1-3H3. The van der Waals surface area contributed by atoms with Crippen molar-refractivity contribution in [3.8, 4) is 0 Å². The second-order valence-corrected chi connectivity index (χ2v) is 4.26. The van der Waals surface area contributed by atoms with Gasteiger partial charge in [-0.25, -0.2) is 0 Å². The smallest absolute Gasteiger partial charge is 0.0900 e. The molecular formula is C10H17NO2S. The Morgan fingerprint density at radius 3 is 2.79 bits per heavy atom. The lowest BCUT2D eigenvalue weighted by atomic mass is 10.2. The summed E-state index contributed by atoms with van der Waals surface area (Å²) in [7, 11) is 1.67. The third kappa shape index (κ3) is 3.74. The summed E-state index contributed by atoms with van der Waals surface area (Å²) < 4.78 is 14.6. The molecule has 0 aliphatic heterocycles. The molecule has 0 amide bonds. The van der Waals surface area contributed by atoms with Crippen LogP contribution in [-0.4, -0.2) is 24.7 Å². The van der Waals surface area contributed by atoms with Crippen LogP contribution in [0.5, 0.6) is 0 Å². The number of ether oxygens (including phenoxy) is 2. The first kappa shape index (κ1) is 11.6. The summed E-state index contributed by atoms with van der Waals surface area (Å²) in [5.41, 5.74) is 1.02. The lowest BCUT2D eigenvalue weighted by Crippen LogP contribution is -2.01. The van der Waals surface area contributed by atoms with Crippen molar-refractivity contribution < 1.29 is 9.47 Å². The van der Waals surface area contributed by atoms with Gasteiger partial charge in [0.15, 0.2) is 0 Å². The van der Waals surface area contributed by atoms with Crippen LogP contribution in [0.1, 0.15) is 30.3 Å². The quantitative estimate of drug-likeness (QED) is 0.683. The summed E-state index contributed by atoms with van der Waals surface area (Å²) in [6.45, 7) is 6.20. The highest BCUT2D eigenvalue weighted by Gasteiger charge is 2.05. The Bertz CT molecular complexity index is 260. The fraction of sp³-hybridized carbons (Fsp3) is 0.700. The molecule has 4 heteroatoms. The molecule has 0 bridgehead atoms. The molecule has 3 nitrogen and oxygen atoms in total. The molecule has 0 unspecified atom stereocenters. The molecule has 0 saturated heterocycles. The molecule has 0 aliphatic rings. The molecule has 0 spiro atoms. The van der Waals surface area contributed by atoms with Crippen LogP contribution in [0.4, 0.5) is 0 Å². The number of hydrogen-bond donors (Lipinski definition) is 0. The molecule has 0 aromatic carbocycles. The summed E-state index contributed by atoms with van der Waals surface area (Å²) in [4.78, 5) is 1.32. The monoisotopic (exact) mass is 215 g/mol. The second-order valence-electron chi connectivity index (χ2n) is 3.42. The van der Waals surface area contributed by atoms with Gasteiger partial charge in [0.05, 0.1) is 25.5 Å². The zero-order valence-electron chi connectivity index (χ0n) is 8.95. The topological polar surface area (TPSA) is 31.4 Å². The molecule has 0 aliphatic carbocycles. The summed E-state index contributed by atoms with van der Waals surface area (Å²) in [6.07, 6.45) is 0. The van der Waals surface area contributed by atoms with E-state index in [0.29, 0.717) is 25.7 Å². The number of hydrogen-bond acceptors (Lipinski definition) is 4. The Labute approximate surface area is 89.2 Å². The first-order valence-corrected chi connectivity index (χ1v) is 5.53. The lowest BCUT2D eigenvalue weighted by molar-refractivity contribution is 0.0605. The van der Waals surface area contributed by atoms with Crippen molar-refractivity contribution in [3.05, 3.63) is 16.6 Å². The average molecular weight is 215 g/mol. The maximum Gasteiger partial charge on any atom is 0.0900 e. The third-order valence-electron chi connectivity index (χ3n) is 1.83. The molecule has 1 heterocycles. The lowest BCUT2D eigenvalue weighted by Gasteiger charge is -2.00. The Morgan fingerprint density at radius 2 is 2.21 bits per heavy atom. The van der Waals surface area contributed by atoms with E-state index in [1.165, 1.54) is 4.88 Å². The van der Waals surface area contributed by atoms with Crippen molar-refractivity contribution in [1.82, 2.24) is 4.37 Å². The van der Waals surface area contributed by atoms with Gasteiger partial charge in [-0.1, -0.05) is 13.8 Å². The zero-order valence-corrected chi connectivity index (χ0v) is 9.76. The van der Waals surface area contributed by atoms with Crippen molar-refractivity contribution in [2.45, 2.75) is 26.4 Å². The van der Waals surface area contributed by atoms with Crippen LogP contribution in [0.3, 0.4) is 0 Å². The Balaban J connectivity index is 2.29. The van der Waals surface area contributed by atoms with Crippen molar-refractivity contribution >= 4 is 11.5 Å². The van der Waals surface area contributed by atoms with Crippen molar-refractivity contribution in [2.24, 2.45) is 0 Å². The molecule has 0 radical (unpaired) electrons. The number of nitrogens with zero attached hydrogens (tertiary/aromatic N) is 1. The predicted molar refractivity (Wildman–Crippen MR) is 57.7 cm³/mol. The third-order valence-corrected chi connectivity index (χ3v) is 2.95. The largest absolute Gasteiger partial charge is 0.382 e. The van der Waals surface area contributed by atoms with Gasteiger partial charge >= 0.3 is 0 Å². The molecule has 0 N–H and O–H groups in total. The maximum atomic E-state index is 5.37. The van der Waals surface area contributed by atoms with Crippen LogP contribution in [0.15, 0.2) is 6.07 Å². The minimum absolute atomic E-state index is 0.556. The number of aromatic nitrogens is 1. The van der Waals surface area contributed by atoms with Crippen molar-refractivity contribution in [1.29, 1.82) is 0 Å². The van der Waals surface area contributed by atoms with Crippen LogP contribution >= 0.6 is 11.5 Å². The minimum atomic E-state index is 0.556. The van der Waals surface area contributed by atoms with Crippen LogP contribution < -0.4 is 0 Å². The Hall–Kier alpha value is -0.450. The number of methoxy groups -OCH3 is 1. The Kier molecular flexibility index (Phi) is 5.07. The van der Waals surface area contributed by atoms with E-state index in [-0.39, 0.29) is 0 Å². The van der Waals surface area contributed by atoms with Gasteiger partial charge in [-0.2, -0.15) is 4.37 Å². The van der Waals surface area contributed by atoms with Crippen LogP contribution in [0, 0.1) is 0 Å². The van der Waals surface area contributed by atoms with E-state index in [9.17, 15) is 0 Å². The fourth-order valence-electron chi connectivity index (χ4n) is 0.987. The summed E-state index contributed by atoms with van der Waals surface area (Å²) in [5.74, 6) is 0.556. The summed E-state index contributed by atoms with van der Waals surface area (Å²) >= 11 is 1.56. The summed E-state index contributed by atoms with van der Waals surface area (Å²) in [6, 6.07) is 2.11. The van der Waals surface area contributed by atoms with Gasteiger partial charge < -0.3 is 9.47 Å². The van der Waals surface area contributed by atoms with E-state index in [1.807, 2.05) is 0 Å². The first-order chi connectivity index (χ1) is 6.74. The summed E-state index contributed by atoms with van der Waals surface area (Å²) in [5, 5.41) is 0. The predicted octanol–water partition coefficient (Wildman–Crippen LogP) is 2.43. The van der Waals surface area contributed by atoms with Crippen LogP contribution in [0.2, 0.25) is 0 Å². The maximum absolute atomic E-state index is 5.37. The van der Waals surface area contributed by atoms with Gasteiger partial charge in [0.2, 0.25) is 0 Å². The van der Waals surface area contributed by atoms with Crippen LogP contribution in [-0.2, 0) is 16.1 Å². The van der Waals surface area contributed by atoms with E-state index in [4.69, 9.17) is 9.47 Å². The molecule has 0 fully saturated rings. The van der Waals surface area contributed by atoms with Crippen molar-refractivity contribution in [2.75, 3.05) is 20.3 Å². The number of rotatable bonds is 6. The zero-order chi connectivity index (χ0) is 10.4. The van der Waals surface area contributed by atoms with Gasteiger partial charge in [0.1, 0.15) is 0 Å². The normalized spacial score (nSPS) is 11.1. The highest BCUT2D eigenvalue weighted by Crippen LogP contribution is 2.20. The minimum Gasteiger partial charge on any atom is -0.382 e. The highest BCUT2D eigenvalue weighted by atomic mass is 32.1. The van der Waals surface area contributed by atoms with Gasteiger partial charge in [-0.3, -0.25) is 0 Å². The fourth-order valence-corrected chi connectivity index (χ4v) is 1.71. The molecule has 1 aromatic rings. The molecule has 14 heavy (non-hydrogen) atoms. The van der Waals surface area contributed by atoms with Gasteiger partial charge in [-0.15, -0.1) is 0 Å². The van der Waals surface area contributed by atoms with E-state index in [1.54, 1.807) is 18.6 Å². The molecule has 0 atom stereocenters. The molecule has 1 rings (SSSR count). The molecule has 80 valence electrons. The van der Waals surface area contributed by atoms with E-state index < -0.39 is 0 Å². The van der Waals surface area contributed by atoms with Gasteiger partial charge in [0.25, 0.3) is 0 Å². The van der Waals surface area contributed by atoms with Crippen molar-refractivity contribution in [3.63, 3.8) is 0 Å². The molecular weight excluding hydrogens is 198 g/mol.